The molecule has 1 aliphatic carbocycles. The highest BCUT2D eigenvalue weighted by Crippen LogP contribution is 2.28. The second kappa shape index (κ2) is 10.5. The number of rotatable bonds is 2. The van der Waals surface area contributed by atoms with E-state index in [4.69, 9.17) is 9.84 Å². The van der Waals surface area contributed by atoms with Gasteiger partial charge in [-0.2, -0.15) is 0 Å². The first-order valence-electron chi connectivity index (χ1n) is 11.6. The zero-order valence-electron chi connectivity index (χ0n) is 19.4. The number of benzene rings is 1. The summed E-state index contributed by atoms with van der Waals surface area (Å²) in [5, 5.41) is 8.59. The van der Waals surface area contributed by atoms with Gasteiger partial charge >= 0.3 is 6.09 Å². The van der Waals surface area contributed by atoms with Gasteiger partial charge in [0.1, 0.15) is 23.2 Å². The summed E-state index contributed by atoms with van der Waals surface area (Å²) in [6.45, 7) is 9.85. The minimum absolute atomic E-state index is 0.0893. The van der Waals surface area contributed by atoms with Gasteiger partial charge in [0.15, 0.2) is 0 Å². The summed E-state index contributed by atoms with van der Waals surface area (Å²) in [4.78, 5) is 31.5. The molecule has 178 valence electrons. The van der Waals surface area contributed by atoms with E-state index in [9.17, 15) is 14.0 Å². The normalized spacial score (nSPS) is 22.1. The first-order valence-corrected chi connectivity index (χ1v) is 11.6. The molecule has 1 saturated carbocycles. The van der Waals surface area contributed by atoms with Gasteiger partial charge in [-0.15, -0.1) is 0 Å². The Bertz CT molecular complexity index is 755. The monoisotopic (exact) mass is 449 g/mol. The number of halogens is 1. The summed E-state index contributed by atoms with van der Waals surface area (Å²) >= 11 is 0. The molecule has 32 heavy (non-hydrogen) atoms. The summed E-state index contributed by atoms with van der Waals surface area (Å²) in [6.07, 6.45) is 4.92. The molecule has 0 spiro atoms. The van der Waals surface area contributed by atoms with Crippen molar-refractivity contribution in [1.29, 1.82) is 0 Å². The Labute approximate surface area is 190 Å². The molecule has 1 atom stereocenters. The van der Waals surface area contributed by atoms with Crippen molar-refractivity contribution in [2.75, 3.05) is 32.7 Å². The van der Waals surface area contributed by atoms with Crippen LogP contribution in [0.15, 0.2) is 24.3 Å². The van der Waals surface area contributed by atoms with Crippen molar-refractivity contribution < 1.29 is 23.8 Å². The third-order valence-corrected chi connectivity index (χ3v) is 5.90. The molecule has 0 unspecified atom stereocenters. The molecule has 2 saturated heterocycles. The number of aromatic hydroxyl groups is 1. The van der Waals surface area contributed by atoms with Crippen LogP contribution in [0.4, 0.5) is 9.18 Å². The van der Waals surface area contributed by atoms with Gasteiger partial charge in [0.05, 0.1) is 0 Å². The van der Waals surface area contributed by atoms with Crippen LogP contribution >= 0.6 is 0 Å². The van der Waals surface area contributed by atoms with E-state index in [1.807, 2.05) is 25.7 Å². The number of carbonyl (C=O) groups is 2. The Morgan fingerprint density at radius 3 is 2.25 bits per heavy atom. The number of carbonyl (C=O) groups excluding carboxylic acids is 2. The number of likely N-dealkylation sites (tertiary alicyclic amines) is 1. The molecule has 8 heteroatoms. The van der Waals surface area contributed by atoms with Crippen molar-refractivity contribution >= 4 is 12.0 Å². The lowest BCUT2D eigenvalue weighted by atomic mass is 10.2. The molecule has 4 rings (SSSR count). The molecular formula is C24H36FN3O4. The second-order valence-electron chi connectivity index (χ2n) is 9.75. The van der Waals surface area contributed by atoms with Gasteiger partial charge in [0.25, 0.3) is 0 Å². The standard InChI is InChI=1S/C18H31N3O3.C6H5FO/c1-18(2,3)24-17(23)21-11-4-6-15(21)16(22)20-10-5-9-19(12-13-20)14-7-8-14;7-5-1-3-6(8)4-2-5/h14-15H,4-13H2,1-3H3;1-4,8H/t15-;/m1./s1. The number of nitrogens with zero attached hydrogens (tertiary/aromatic N) is 3. The first-order chi connectivity index (χ1) is 15.1. The summed E-state index contributed by atoms with van der Waals surface area (Å²) in [6, 6.07) is 5.42. The third-order valence-electron chi connectivity index (χ3n) is 5.90. The van der Waals surface area contributed by atoms with Crippen LogP contribution in [-0.2, 0) is 9.53 Å². The average molecular weight is 450 g/mol. The van der Waals surface area contributed by atoms with E-state index in [1.54, 1.807) is 4.90 Å². The second-order valence-corrected chi connectivity index (χ2v) is 9.75. The van der Waals surface area contributed by atoms with Crippen molar-refractivity contribution in [2.45, 2.75) is 70.6 Å². The van der Waals surface area contributed by atoms with E-state index >= 15 is 0 Å². The molecule has 1 N–H and O–H groups in total. The van der Waals surface area contributed by atoms with Crippen molar-refractivity contribution in [3.05, 3.63) is 30.1 Å². The highest BCUT2D eigenvalue weighted by molar-refractivity contribution is 5.86. The number of hydrogen-bond acceptors (Lipinski definition) is 5. The average Bonchev–Trinajstić information content (AvgIpc) is 3.49. The van der Waals surface area contributed by atoms with Gasteiger partial charge in [-0.05, 0) is 77.1 Å². The predicted octanol–water partition coefficient (Wildman–Crippen LogP) is 3.61. The fourth-order valence-corrected chi connectivity index (χ4v) is 4.18. The van der Waals surface area contributed by atoms with Crippen molar-refractivity contribution in [3.8, 4) is 5.75 Å². The van der Waals surface area contributed by atoms with Gasteiger partial charge in [-0.3, -0.25) is 14.6 Å². The Hall–Kier alpha value is -2.35. The molecule has 2 aliphatic heterocycles. The zero-order chi connectivity index (χ0) is 23.3. The van der Waals surface area contributed by atoms with E-state index in [0.717, 1.165) is 51.5 Å². The number of amides is 2. The van der Waals surface area contributed by atoms with Crippen LogP contribution in [0.2, 0.25) is 0 Å². The molecule has 1 aromatic carbocycles. The van der Waals surface area contributed by atoms with Crippen molar-refractivity contribution in [3.63, 3.8) is 0 Å². The molecule has 0 radical (unpaired) electrons. The molecule has 7 nitrogen and oxygen atoms in total. The van der Waals surface area contributed by atoms with Gasteiger partial charge < -0.3 is 14.7 Å². The van der Waals surface area contributed by atoms with Crippen molar-refractivity contribution in [1.82, 2.24) is 14.7 Å². The van der Waals surface area contributed by atoms with Crippen LogP contribution in [-0.4, -0.2) is 82.2 Å². The van der Waals surface area contributed by atoms with Gasteiger partial charge in [0, 0.05) is 38.8 Å². The quantitative estimate of drug-likeness (QED) is 0.747. The fourth-order valence-electron chi connectivity index (χ4n) is 4.18. The first kappa shape index (κ1) is 24.3. The molecule has 1 aromatic rings. The van der Waals surface area contributed by atoms with E-state index in [-0.39, 0.29) is 29.6 Å². The van der Waals surface area contributed by atoms with Crippen LogP contribution in [0.1, 0.15) is 52.9 Å². The molecular weight excluding hydrogens is 413 g/mol. The lowest BCUT2D eigenvalue weighted by Crippen LogP contribution is -2.49. The smallest absolute Gasteiger partial charge is 0.410 e. The molecule has 3 fully saturated rings. The van der Waals surface area contributed by atoms with Gasteiger partial charge in [-0.25, -0.2) is 9.18 Å². The summed E-state index contributed by atoms with van der Waals surface area (Å²) in [5.41, 5.74) is -0.527. The molecule has 0 bridgehead atoms. The molecule has 2 heterocycles. The van der Waals surface area contributed by atoms with Crippen LogP contribution in [0.5, 0.6) is 5.75 Å². The molecule has 3 aliphatic rings. The highest BCUT2D eigenvalue weighted by Gasteiger charge is 2.39. The topological polar surface area (TPSA) is 73.3 Å². The SMILES string of the molecule is CC(C)(C)OC(=O)N1CCC[C@@H]1C(=O)N1CCCN(C2CC2)CC1.Oc1ccc(F)cc1. The molecule has 2 amide bonds. The van der Waals surface area contributed by atoms with Crippen molar-refractivity contribution in [2.24, 2.45) is 0 Å². The lowest BCUT2D eigenvalue weighted by molar-refractivity contribution is -0.135. The van der Waals surface area contributed by atoms with Crippen LogP contribution in [0, 0.1) is 5.82 Å². The Morgan fingerprint density at radius 1 is 0.969 bits per heavy atom. The number of ether oxygens (including phenoxy) is 1. The lowest BCUT2D eigenvalue weighted by Gasteiger charge is -2.31. The third kappa shape index (κ3) is 7.08. The maximum atomic E-state index is 13.0. The largest absolute Gasteiger partial charge is 0.508 e. The minimum Gasteiger partial charge on any atom is -0.508 e. The minimum atomic E-state index is -0.527. The van der Waals surface area contributed by atoms with E-state index in [2.05, 4.69) is 4.90 Å². The Balaban J connectivity index is 0.000000305. The predicted molar refractivity (Wildman–Crippen MR) is 120 cm³/mol. The Kier molecular flexibility index (Phi) is 7.98. The Morgan fingerprint density at radius 2 is 1.66 bits per heavy atom. The number of hydrogen-bond donors (Lipinski definition) is 1. The number of phenolic OH excluding ortho intramolecular Hbond substituents is 1. The summed E-state index contributed by atoms with van der Waals surface area (Å²) < 4.78 is 17.5. The number of phenols is 1. The fraction of sp³-hybridized carbons (Fsp3) is 0.667. The maximum absolute atomic E-state index is 13.0. The maximum Gasteiger partial charge on any atom is 0.410 e. The van der Waals surface area contributed by atoms with E-state index < -0.39 is 5.60 Å². The van der Waals surface area contributed by atoms with Crippen LogP contribution in [0.25, 0.3) is 0 Å². The summed E-state index contributed by atoms with van der Waals surface area (Å²) in [5.74, 6) is -0.134. The van der Waals surface area contributed by atoms with Crippen LogP contribution < -0.4 is 0 Å². The molecule has 0 aromatic heterocycles. The highest BCUT2D eigenvalue weighted by atomic mass is 19.1. The zero-order valence-corrected chi connectivity index (χ0v) is 19.4. The van der Waals surface area contributed by atoms with Crippen LogP contribution in [0.3, 0.4) is 0 Å². The summed E-state index contributed by atoms with van der Waals surface area (Å²) in [7, 11) is 0. The van der Waals surface area contributed by atoms with E-state index in [0.29, 0.717) is 6.54 Å². The van der Waals surface area contributed by atoms with Gasteiger partial charge in [0.2, 0.25) is 5.91 Å². The van der Waals surface area contributed by atoms with Gasteiger partial charge in [-0.1, -0.05) is 0 Å². The van der Waals surface area contributed by atoms with E-state index in [1.165, 1.54) is 37.1 Å².